The molecule has 2 aromatic rings. The van der Waals surface area contributed by atoms with Crippen LogP contribution in [0.25, 0.3) is 11.1 Å². The average molecular weight is 239 g/mol. The molecule has 0 heterocycles. The van der Waals surface area contributed by atoms with Gasteiger partial charge in [-0.25, -0.2) is 0 Å². The van der Waals surface area contributed by atoms with Crippen LogP contribution >= 0.6 is 0 Å². The molecule has 2 aromatic carbocycles. The summed E-state index contributed by atoms with van der Waals surface area (Å²) in [4.78, 5) is 0. The summed E-state index contributed by atoms with van der Waals surface area (Å²) in [5.41, 5.74) is 14.6. The van der Waals surface area contributed by atoms with Gasteiger partial charge in [0.2, 0.25) is 0 Å². The standard InChI is InChI=1S/C16H17N2.H2/c1-10-3-4-14(17)8-15(10)11-5-12-7-16(12)13(6-11)9-18-2;/h3-8,18H,9,17H2,1-2H3;1H. The van der Waals surface area contributed by atoms with E-state index in [9.17, 15) is 0 Å². The molecule has 0 saturated carbocycles. The van der Waals surface area contributed by atoms with E-state index in [1.54, 1.807) is 0 Å². The maximum absolute atomic E-state index is 5.89. The zero-order valence-electron chi connectivity index (χ0n) is 10.7. The molecule has 93 valence electrons. The largest absolute Gasteiger partial charge is 0.399 e. The molecule has 3 N–H and O–H groups in total. The molecule has 1 radical (unpaired) electrons. The minimum absolute atomic E-state index is 0. The van der Waals surface area contributed by atoms with E-state index in [1.165, 1.54) is 33.4 Å². The van der Waals surface area contributed by atoms with Crippen LogP contribution in [0.3, 0.4) is 0 Å². The number of anilines is 1. The molecule has 1 aliphatic rings. The minimum atomic E-state index is 0. The smallest absolute Gasteiger partial charge is 0.0320 e. The van der Waals surface area contributed by atoms with Crippen LogP contribution < -0.4 is 11.1 Å². The van der Waals surface area contributed by atoms with Crippen LogP contribution in [0, 0.1) is 13.3 Å². The molecule has 0 amide bonds. The summed E-state index contributed by atoms with van der Waals surface area (Å²) in [6, 6.07) is 10.6. The molecule has 0 saturated heterocycles. The fourth-order valence-corrected chi connectivity index (χ4v) is 2.43. The molecular formula is C16H19N2. The van der Waals surface area contributed by atoms with Crippen LogP contribution in [0.4, 0.5) is 5.69 Å². The quantitative estimate of drug-likeness (QED) is 0.689. The van der Waals surface area contributed by atoms with E-state index in [1.807, 2.05) is 13.1 Å². The fraction of sp³-hybridized carbons (Fsp3) is 0.188. The van der Waals surface area contributed by atoms with Crippen LogP contribution in [0.1, 0.15) is 23.7 Å². The fourth-order valence-electron chi connectivity index (χ4n) is 2.43. The molecule has 0 atom stereocenters. The molecule has 2 heteroatoms. The molecule has 3 rings (SSSR count). The predicted molar refractivity (Wildman–Crippen MR) is 78.4 cm³/mol. The van der Waals surface area contributed by atoms with Crippen LogP contribution in [-0.4, -0.2) is 7.05 Å². The van der Waals surface area contributed by atoms with Gasteiger partial charge in [0.05, 0.1) is 0 Å². The maximum atomic E-state index is 5.89. The third-order valence-corrected chi connectivity index (χ3v) is 3.45. The zero-order valence-corrected chi connectivity index (χ0v) is 10.7. The highest BCUT2D eigenvalue weighted by atomic mass is 14.8. The highest BCUT2D eigenvalue weighted by Gasteiger charge is 2.22. The van der Waals surface area contributed by atoms with Crippen LogP contribution in [0.15, 0.2) is 30.3 Å². The molecule has 0 unspecified atom stereocenters. The van der Waals surface area contributed by atoms with Gasteiger partial charge in [-0.1, -0.05) is 12.1 Å². The Morgan fingerprint density at radius 1 is 1.22 bits per heavy atom. The van der Waals surface area contributed by atoms with Crippen molar-refractivity contribution in [3.05, 3.63) is 59.0 Å². The molecule has 0 aromatic heterocycles. The highest BCUT2D eigenvalue weighted by molar-refractivity contribution is 5.77. The summed E-state index contributed by atoms with van der Waals surface area (Å²) in [6.07, 6.45) is 2.23. The Kier molecular flexibility index (Phi) is 2.60. The molecule has 2 nitrogen and oxygen atoms in total. The first kappa shape index (κ1) is 11.3. The number of aryl methyl sites for hydroxylation is 1. The Labute approximate surface area is 109 Å². The van der Waals surface area contributed by atoms with Crippen molar-refractivity contribution in [1.29, 1.82) is 0 Å². The van der Waals surface area contributed by atoms with Gasteiger partial charge in [0.25, 0.3) is 0 Å². The Balaban J connectivity index is 0.00000133. The Hall–Kier alpha value is -1.80. The highest BCUT2D eigenvalue weighted by Crippen LogP contribution is 2.39. The van der Waals surface area contributed by atoms with Gasteiger partial charge in [0, 0.05) is 20.1 Å². The third-order valence-electron chi connectivity index (χ3n) is 3.45. The Bertz CT molecular complexity index is 620. The monoisotopic (exact) mass is 239 g/mol. The van der Waals surface area contributed by atoms with Gasteiger partial charge in [0.1, 0.15) is 0 Å². The summed E-state index contributed by atoms with van der Waals surface area (Å²) in [5.74, 6) is 0. The lowest BCUT2D eigenvalue weighted by Crippen LogP contribution is -2.05. The summed E-state index contributed by atoms with van der Waals surface area (Å²) in [6.45, 7) is 3.04. The third kappa shape index (κ3) is 1.89. The summed E-state index contributed by atoms with van der Waals surface area (Å²) >= 11 is 0. The van der Waals surface area contributed by atoms with Gasteiger partial charge in [-0.2, -0.15) is 0 Å². The van der Waals surface area contributed by atoms with Crippen LogP contribution in [0.5, 0.6) is 0 Å². The van der Waals surface area contributed by atoms with E-state index in [4.69, 9.17) is 5.73 Å². The number of nitrogens with one attached hydrogen (secondary N) is 1. The number of nitrogens with two attached hydrogens (primary N) is 1. The minimum Gasteiger partial charge on any atom is -0.399 e. The van der Waals surface area contributed by atoms with Crippen molar-refractivity contribution < 1.29 is 1.43 Å². The van der Waals surface area contributed by atoms with E-state index < -0.39 is 0 Å². The van der Waals surface area contributed by atoms with Crippen molar-refractivity contribution in [3.63, 3.8) is 0 Å². The van der Waals surface area contributed by atoms with Crippen molar-refractivity contribution in [2.45, 2.75) is 13.5 Å². The number of hydrogen-bond donors (Lipinski definition) is 2. The lowest BCUT2D eigenvalue weighted by Gasteiger charge is -2.09. The van der Waals surface area contributed by atoms with Crippen molar-refractivity contribution in [2.24, 2.45) is 0 Å². The van der Waals surface area contributed by atoms with E-state index in [-0.39, 0.29) is 1.43 Å². The van der Waals surface area contributed by atoms with E-state index in [0.29, 0.717) is 0 Å². The van der Waals surface area contributed by atoms with Crippen molar-refractivity contribution in [3.8, 4) is 11.1 Å². The number of hydrogen-bond acceptors (Lipinski definition) is 2. The number of nitrogen functional groups attached to an aromatic ring is 1. The van der Waals surface area contributed by atoms with Gasteiger partial charge < -0.3 is 11.1 Å². The van der Waals surface area contributed by atoms with Gasteiger partial charge in [-0.05, 0) is 65.6 Å². The first-order valence-corrected chi connectivity index (χ1v) is 6.22. The lowest BCUT2D eigenvalue weighted by molar-refractivity contribution is 0.818. The van der Waals surface area contributed by atoms with Gasteiger partial charge in [-0.15, -0.1) is 0 Å². The first-order valence-electron chi connectivity index (χ1n) is 6.22. The van der Waals surface area contributed by atoms with E-state index >= 15 is 0 Å². The van der Waals surface area contributed by atoms with Gasteiger partial charge in [0.15, 0.2) is 0 Å². The molecule has 0 fully saturated rings. The SMILES string of the molecule is CNCc1cc(-c2cc(N)ccc2C)cc2c1[CH]2.[HH]. The van der Waals surface area contributed by atoms with Crippen molar-refractivity contribution >= 4 is 5.69 Å². The normalized spacial score (nSPS) is 12.3. The Morgan fingerprint density at radius 2 is 2.06 bits per heavy atom. The van der Waals surface area contributed by atoms with Crippen LogP contribution in [0.2, 0.25) is 0 Å². The maximum Gasteiger partial charge on any atom is 0.0320 e. The van der Waals surface area contributed by atoms with E-state index in [0.717, 1.165) is 12.2 Å². The predicted octanol–water partition coefficient (Wildman–Crippen LogP) is 3.12. The number of rotatable bonds is 3. The topological polar surface area (TPSA) is 38.0 Å². The van der Waals surface area contributed by atoms with Gasteiger partial charge >= 0.3 is 0 Å². The second-order valence-electron chi connectivity index (χ2n) is 4.89. The van der Waals surface area contributed by atoms with Crippen molar-refractivity contribution in [1.82, 2.24) is 5.32 Å². The second-order valence-corrected chi connectivity index (χ2v) is 4.89. The Morgan fingerprint density at radius 3 is 2.83 bits per heavy atom. The van der Waals surface area contributed by atoms with Crippen LogP contribution in [-0.2, 0) is 6.54 Å². The number of fused-ring (bicyclic) bond motifs is 1. The molecule has 0 aliphatic heterocycles. The average Bonchev–Trinajstić information content (AvgIpc) is 3.12. The summed E-state index contributed by atoms with van der Waals surface area (Å²) in [5, 5.41) is 3.22. The molecular weight excluding hydrogens is 220 g/mol. The zero-order chi connectivity index (χ0) is 12.7. The summed E-state index contributed by atoms with van der Waals surface area (Å²) in [7, 11) is 1.98. The van der Waals surface area contributed by atoms with E-state index in [2.05, 4.69) is 42.9 Å². The van der Waals surface area contributed by atoms with Crippen molar-refractivity contribution in [2.75, 3.05) is 12.8 Å². The summed E-state index contributed by atoms with van der Waals surface area (Å²) < 4.78 is 0. The molecule has 1 aliphatic carbocycles. The molecule has 18 heavy (non-hydrogen) atoms. The second kappa shape index (κ2) is 4.14. The van der Waals surface area contributed by atoms with Gasteiger partial charge in [-0.3, -0.25) is 0 Å². The lowest BCUT2D eigenvalue weighted by atomic mass is 9.98. The number of benzene rings is 2. The first-order chi connectivity index (χ1) is 8.69. The molecule has 0 spiro atoms. The molecule has 0 bridgehead atoms.